The minimum Gasteiger partial charge on any atom is -0.497 e. The van der Waals surface area contributed by atoms with Crippen LogP contribution in [0, 0.1) is 0 Å². The van der Waals surface area contributed by atoms with Gasteiger partial charge in [0, 0.05) is 24.0 Å². The van der Waals surface area contributed by atoms with Gasteiger partial charge in [-0.25, -0.2) is 4.79 Å². The van der Waals surface area contributed by atoms with Crippen LogP contribution in [0.3, 0.4) is 0 Å². The monoisotopic (exact) mass is 347 g/mol. The molecule has 0 radical (unpaired) electrons. The van der Waals surface area contributed by atoms with Crippen LogP contribution in [0.15, 0.2) is 18.2 Å². The third-order valence-corrected chi connectivity index (χ3v) is 4.47. The van der Waals surface area contributed by atoms with Crippen LogP contribution in [0.4, 0.5) is 5.69 Å². The number of nitrogens with one attached hydrogen (secondary N) is 2. The number of aromatic nitrogens is 1. The van der Waals surface area contributed by atoms with E-state index in [-0.39, 0.29) is 0 Å². The first kappa shape index (κ1) is 16.6. The van der Waals surface area contributed by atoms with Gasteiger partial charge in [0.1, 0.15) is 11.4 Å². The highest BCUT2D eigenvalue weighted by Gasteiger charge is 2.22. The topological polar surface area (TPSA) is 66.6 Å². The number of aromatic amines is 1. The Balaban J connectivity index is 2.01. The summed E-state index contributed by atoms with van der Waals surface area (Å²) in [7, 11) is 1.61. The number of esters is 1. The van der Waals surface area contributed by atoms with Crippen molar-refractivity contribution in [2.75, 3.05) is 32.1 Å². The number of hydrogen-bond donors (Lipinski definition) is 2. The van der Waals surface area contributed by atoms with Crippen molar-refractivity contribution >= 4 is 39.9 Å². The molecule has 0 aliphatic carbocycles. The molecule has 3 rings (SSSR count). The van der Waals surface area contributed by atoms with Gasteiger partial charge in [-0.1, -0.05) is 0 Å². The Hall–Kier alpha value is -2.28. The molecule has 0 bridgehead atoms. The number of nitrogens with zero attached hydrogens (tertiary/aromatic N) is 1. The fourth-order valence-electron chi connectivity index (χ4n) is 2.89. The molecule has 1 aliphatic heterocycles. The van der Waals surface area contributed by atoms with Crippen LogP contribution in [0.25, 0.3) is 10.9 Å². The largest absolute Gasteiger partial charge is 0.497 e. The summed E-state index contributed by atoms with van der Waals surface area (Å²) in [5.41, 5.74) is 1.84. The molecule has 0 spiro atoms. The van der Waals surface area contributed by atoms with Crippen LogP contribution in [0.1, 0.15) is 30.3 Å². The fourth-order valence-corrected chi connectivity index (χ4v) is 3.18. The summed E-state index contributed by atoms with van der Waals surface area (Å²) < 4.78 is 10.5. The number of likely N-dealkylation sites (tertiary alicyclic amines) is 1. The lowest BCUT2D eigenvalue weighted by molar-refractivity contribution is 0.0522. The van der Waals surface area contributed by atoms with E-state index in [1.165, 1.54) is 0 Å². The third kappa shape index (κ3) is 3.17. The predicted octanol–water partition coefficient (Wildman–Crippen LogP) is 3.15. The van der Waals surface area contributed by atoms with Gasteiger partial charge in [0.2, 0.25) is 0 Å². The van der Waals surface area contributed by atoms with Gasteiger partial charge >= 0.3 is 5.97 Å². The quantitative estimate of drug-likeness (QED) is 0.654. The molecule has 1 fully saturated rings. The number of rotatable bonds is 4. The smallest absolute Gasteiger partial charge is 0.356 e. The lowest BCUT2D eigenvalue weighted by Gasteiger charge is -2.20. The number of anilines is 1. The van der Waals surface area contributed by atoms with Crippen molar-refractivity contribution in [3.05, 3.63) is 23.9 Å². The Labute approximate surface area is 146 Å². The van der Waals surface area contributed by atoms with Gasteiger partial charge in [-0.05, 0) is 50.2 Å². The van der Waals surface area contributed by atoms with Crippen LogP contribution in [-0.2, 0) is 4.74 Å². The summed E-state index contributed by atoms with van der Waals surface area (Å²) in [5, 5.41) is 4.71. The van der Waals surface area contributed by atoms with E-state index in [4.69, 9.17) is 21.7 Å². The molecule has 2 heterocycles. The van der Waals surface area contributed by atoms with Crippen LogP contribution in [0.5, 0.6) is 5.75 Å². The van der Waals surface area contributed by atoms with Crippen LogP contribution >= 0.6 is 12.2 Å². The van der Waals surface area contributed by atoms with Gasteiger partial charge in [-0.3, -0.25) is 0 Å². The van der Waals surface area contributed by atoms with Crippen molar-refractivity contribution in [1.29, 1.82) is 0 Å². The van der Waals surface area contributed by atoms with Gasteiger partial charge in [-0.2, -0.15) is 0 Å². The third-order valence-electron chi connectivity index (χ3n) is 4.11. The number of hydrogen-bond acceptors (Lipinski definition) is 4. The number of H-pyrrole nitrogens is 1. The highest BCUT2D eigenvalue weighted by Crippen LogP contribution is 2.32. The van der Waals surface area contributed by atoms with Crippen molar-refractivity contribution in [1.82, 2.24) is 9.88 Å². The Morgan fingerprint density at radius 3 is 2.79 bits per heavy atom. The minimum absolute atomic E-state index is 0.313. The summed E-state index contributed by atoms with van der Waals surface area (Å²) >= 11 is 5.51. The van der Waals surface area contributed by atoms with E-state index >= 15 is 0 Å². The second kappa shape index (κ2) is 7.09. The average Bonchev–Trinajstić information content (AvgIpc) is 3.23. The molecule has 1 aliphatic rings. The summed E-state index contributed by atoms with van der Waals surface area (Å²) in [6, 6.07) is 5.60. The number of carbonyl (C=O) groups is 1. The fraction of sp³-hybridized carbons (Fsp3) is 0.412. The second-order valence-electron chi connectivity index (χ2n) is 5.63. The molecule has 1 aromatic carbocycles. The standard InChI is InChI=1S/C17H21N3O3S/c1-3-23-16(21)15-14(19-17(24)20-8-4-5-9-20)12-10-11(22-2)6-7-13(12)18-15/h6-7,10,18H,3-5,8-9H2,1-2H3,(H,19,24). The van der Waals surface area contributed by atoms with Gasteiger partial charge < -0.3 is 24.7 Å². The molecule has 2 N–H and O–H groups in total. The second-order valence-corrected chi connectivity index (χ2v) is 6.02. The van der Waals surface area contributed by atoms with Crippen molar-refractivity contribution in [3.8, 4) is 5.75 Å². The highest BCUT2D eigenvalue weighted by molar-refractivity contribution is 7.80. The SMILES string of the molecule is CCOC(=O)c1[nH]c2ccc(OC)cc2c1NC(=S)N1CCCC1. The maximum Gasteiger partial charge on any atom is 0.356 e. The molecular weight excluding hydrogens is 326 g/mol. The molecule has 1 aromatic heterocycles. The predicted molar refractivity (Wildman–Crippen MR) is 97.8 cm³/mol. The number of fused-ring (bicyclic) bond motifs is 1. The van der Waals surface area contributed by atoms with Gasteiger partial charge in [0.05, 0.1) is 19.4 Å². The molecule has 2 aromatic rings. The Morgan fingerprint density at radius 1 is 1.38 bits per heavy atom. The molecular formula is C17H21N3O3S. The minimum atomic E-state index is -0.403. The summed E-state index contributed by atoms with van der Waals surface area (Å²) in [6.07, 6.45) is 2.27. The van der Waals surface area contributed by atoms with Crippen LogP contribution < -0.4 is 10.1 Å². The lowest BCUT2D eigenvalue weighted by atomic mass is 10.2. The zero-order valence-corrected chi connectivity index (χ0v) is 14.7. The number of thiocarbonyl (C=S) groups is 1. The maximum atomic E-state index is 12.3. The Kier molecular flexibility index (Phi) is 4.89. The van der Waals surface area contributed by atoms with E-state index in [0.29, 0.717) is 28.9 Å². The maximum absolute atomic E-state index is 12.3. The van der Waals surface area contributed by atoms with Gasteiger partial charge in [0.15, 0.2) is 5.11 Å². The molecule has 0 atom stereocenters. The van der Waals surface area contributed by atoms with Crippen molar-refractivity contribution in [2.24, 2.45) is 0 Å². The van der Waals surface area contributed by atoms with E-state index in [1.54, 1.807) is 14.0 Å². The Bertz CT molecular complexity index is 766. The Morgan fingerprint density at radius 2 is 2.12 bits per heavy atom. The molecule has 0 unspecified atom stereocenters. The molecule has 128 valence electrons. The van der Waals surface area contributed by atoms with Gasteiger partial charge in [-0.15, -0.1) is 0 Å². The first-order valence-electron chi connectivity index (χ1n) is 8.06. The van der Waals surface area contributed by atoms with Gasteiger partial charge in [0.25, 0.3) is 0 Å². The summed E-state index contributed by atoms with van der Waals surface area (Å²) in [5.74, 6) is 0.312. The van der Waals surface area contributed by atoms with E-state index in [9.17, 15) is 4.79 Å². The molecule has 0 saturated carbocycles. The zero-order chi connectivity index (χ0) is 17.1. The van der Waals surface area contributed by atoms with Crippen molar-refractivity contribution in [2.45, 2.75) is 19.8 Å². The lowest BCUT2D eigenvalue weighted by Crippen LogP contribution is -2.32. The number of methoxy groups -OCH3 is 1. The first-order valence-corrected chi connectivity index (χ1v) is 8.47. The van der Waals surface area contributed by atoms with Crippen molar-refractivity contribution in [3.63, 3.8) is 0 Å². The first-order chi connectivity index (χ1) is 11.6. The molecule has 6 nitrogen and oxygen atoms in total. The molecule has 0 amide bonds. The average molecular weight is 347 g/mol. The zero-order valence-electron chi connectivity index (χ0n) is 13.8. The number of ether oxygens (including phenoxy) is 2. The normalized spacial score (nSPS) is 14.0. The number of benzene rings is 1. The molecule has 7 heteroatoms. The molecule has 1 saturated heterocycles. The van der Waals surface area contributed by atoms with E-state index in [1.807, 2.05) is 18.2 Å². The van der Waals surface area contributed by atoms with E-state index in [0.717, 1.165) is 36.8 Å². The van der Waals surface area contributed by atoms with Crippen LogP contribution in [-0.4, -0.2) is 47.8 Å². The highest BCUT2D eigenvalue weighted by atomic mass is 32.1. The summed E-state index contributed by atoms with van der Waals surface area (Å²) in [4.78, 5) is 17.6. The number of carbonyl (C=O) groups excluding carboxylic acids is 1. The summed E-state index contributed by atoms with van der Waals surface area (Å²) in [6.45, 7) is 3.97. The van der Waals surface area contributed by atoms with Crippen LogP contribution in [0.2, 0.25) is 0 Å². The molecule has 24 heavy (non-hydrogen) atoms. The van der Waals surface area contributed by atoms with E-state index < -0.39 is 5.97 Å². The van der Waals surface area contributed by atoms with Crippen molar-refractivity contribution < 1.29 is 14.3 Å². The van der Waals surface area contributed by atoms with E-state index in [2.05, 4.69) is 15.2 Å².